The van der Waals surface area contributed by atoms with Crippen LogP contribution in [0.2, 0.25) is 0 Å². The number of piperidine rings is 1. The van der Waals surface area contributed by atoms with E-state index in [1.807, 2.05) is 0 Å². The summed E-state index contributed by atoms with van der Waals surface area (Å²) in [6.45, 7) is 4.02. The van der Waals surface area contributed by atoms with Gasteiger partial charge in [0.15, 0.2) is 0 Å². The highest BCUT2D eigenvalue weighted by Crippen LogP contribution is 2.30. The van der Waals surface area contributed by atoms with Crippen LogP contribution in [0.4, 0.5) is 0 Å². The van der Waals surface area contributed by atoms with Crippen molar-refractivity contribution in [1.29, 1.82) is 0 Å². The number of likely N-dealkylation sites (tertiary alicyclic amines) is 1. The molecule has 2 N–H and O–H groups in total. The van der Waals surface area contributed by atoms with Gasteiger partial charge in [-0.25, -0.2) is 0 Å². The number of hydrogen-bond acceptors (Lipinski definition) is 3. The molecule has 17 heavy (non-hydrogen) atoms. The Morgan fingerprint density at radius 3 is 2.35 bits per heavy atom. The zero-order valence-corrected chi connectivity index (χ0v) is 10.5. The molecule has 1 heterocycles. The van der Waals surface area contributed by atoms with Gasteiger partial charge in [-0.2, -0.15) is 0 Å². The van der Waals surface area contributed by atoms with Crippen LogP contribution in [0.25, 0.3) is 0 Å². The Kier molecular flexibility index (Phi) is 4.05. The Morgan fingerprint density at radius 2 is 1.82 bits per heavy atom. The molecule has 0 bridgehead atoms. The van der Waals surface area contributed by atoms with Crippen LogP contribution in [0.3, 0.4) is 0 Å². The lowest BCUT2D eigenvalue weighted by molar-refractivity contribution is -0.143. The quantitative estimate of drug-likeness (QED) is 0.765. The summed E-state index contributed by atoms with van der Waals surface area (Å²) >= 11 is 0. The molecule has 0 aromatic rings. The van der Waals surface area contributed by atoms with E-state index in [9.17, 15) is 9.90 Å². The van der Waals surface area contributed by atoms with Crippen LogP contribution in [0, 0.1) is 11.8 Å². The summed E-state index contributed by atoms with van der Waals surface area (Å²) in [5.74, 6) is -0.411. The number of hydrogen-bond donors (Lipinski definition) is 2. The number of aliphatic carboxylic acids is 1. The summed E-state index contributed by atoms with van der Waals surface area (Å²) in [6.07, 6.45) is 4.34. The standard InChI is InChI=1S/C13H23NO3/c1-9-8-14(7-6-12(9)15)11-4-2-10(3-5-11)13(16)17/h9-12,15H,2-8H2,1H3,(H,16,17). The van der Waals surface area contributed by atoms with Gasteiger partial charge in [0.2, 0.25) is 0 Å². The van der Waals surface area contributed by atoms with Crippen molar-refractivity contribution in [2.75, 3.05) is 13.1 Å². The Bertz CT molecular complexity index is 274. The Morgan fingerprint density at radius 1 is 1.18 bits per heavy atom. The van der Waals surface area contributed by atoms with Gasteiger partial charge < -0.3 is 10.2 Å². The van der Waals surface area contributed by atoms with Crippen molar-refractivity contribution >= 4 is 5.97 Å². The monoisotopic (exact) mass is 241 g/mol. The van der Waals surface area contributed by atoms with Gasteiger partial charge in [0.1, 0.15) is 0 Å². The van der Waals surface area contributed by atoms with E-state index in [0.29, 0.717) is 12.0 Å². The summed E-state index contributed by atoms with van der Waals surface area (Å²) < 4.78 is 0. The number of nitrogens with zero attached hydrogens (tertiary/aromatic N) is 1. The summed E-state index contributed by atoms with van der Waals surface area (Å²) in [4.78, 5) is 13.3. The lowest BCUT2D eigenvalue weighted by Gasteiger charge is -2.41. The molecule has 0 amide bonds. The molecule has 1 saturated carbocycles. The molecule has 98 valence electrons. The van der Waals surface area contributed by atoms with Gasteiger partial charge in [0.05, 0.1) is 12.0 Å². The van der Waals surface area contributed by atoms with Gasteiger partial charge in [0, 0.05) is 19.1 Å². The third kappa shape index (κ3) is 2.99. The van der Waals surface area contributed by atoms with Gasteiger partial charge in [0.25, 0.3) is 0 Å². The first kappa shape index (κ1) is 12.8. The molecule has 0 aromatic carbocycles. The van der Waals surface area contributed by atoms with E-state index in [1.165, 1.54) is 0 Å². The molecular weight excluding hydrogens is 218 g/mol. The highest BCUT2D eigenvalue weighted by Gasteiger charge is 2.32. The van der Waals surface area contributed by atoms with Crippen LogP contribution >= 0.6 is 0 Å². The van der Waals surface area contributed by atoms with Crippen LogP contribution in [0.15, 0.2) is 0 Å². The highest BCUT2D eigenvalue weighted by molar-refractivity contribution is 5.70. The minimum Gasteiger partial charge on any atom is -0.481 e. The first-order chi connectivity index (χ1) is 8.08. The molecular formula is C13H23NO3. The van der Waals surface area contributed by atoms with Crippen molar-refractivity contribution in [1.82, 2.24) is 4.90 Å². The number of carbonyl (C=O) groups is 1. The molecule has 0 spiro atoms. The van der Waals surface area contributed by atoms with E-state index in [-0.39, 0.29) is 12.0 Å². The second-order valence-electron chi connectivity index (χ2n) is 5.67. The molecule has 2 fully saturated rings. The Balaban J connectivity index is 1.83. The van der Waals surface area contributed by atoms with Crippen LogP contribution in [0.5, 0.6) is 0 Å². The first-order valence-corrected chi connectivity index (χ1v) is 6.73. The number of aliphatic hydroxyl groups is 1. The third-order valence-corrected chi connectivity index (χ3v) is 4.45. The van der Waals surface area contributed by atoms with Crippen molar-refractivity contribution in [3.63, 3.8) is 0 Å². The predicted molar refractivity (Wildman–Crippen MR) is 64.7 cm³/mol. The van der Waals surface area contributed by atoms with Gasteiger partial charge in [-0.1, -0.05) is 6.92 Å². The van der Waals surface area contributed by atoms with Crippen LogP contribution in [-0.2, 0) is 4.79 Å². The van der Waals surface area contributed by atoms with Crippen LogP contribution in [0.1, 0.15) is 39.0 Å². The fourth-order valence-electron chi connectivity index (χ4n) is 3.19. The lowest BCUT2D eigenvalue weighted by Crippen LogP contribution is -2.48. The molecule has 0 aromatic heterocycles. The average Bonchev–Trinajstić information content (AvgIpc) is 2.33. The molecule has 4 nitrogen and oxygen atoms in total. The highest BCUT2D eigenvalue weighted by atomic mass is 16.4. The molecule has 2 unspecified atom stereocenters. The fourth-order valence-corrected chi connectivity index (χ4v) is 3.19. The fraction of sp³-hybridized carbons (Fsp3) is 0.923. The Hall–Kier alpha value is -0.610. The van der Waals surface area contributed by atoms with E-state index in [2.05, 4.69) is 11.8 Å². The lowest BCUT2D eigenvalue weighted by atomic mass is 9.84. The van der Waals surface area contributed by atoms with Crippen molar-refractivity contribution in [2.45, 2.75) is 51.2 Å². The van der Waals surface area contributed by atoms with Crippen molar-refractivity contribution in [3.05, 3.63) is 0 Å². The average molecular weight is 241 g/mol. The normalized spacial score (nSPS) is 40.1. The number of carboxylic acids is 1. The van der Waals surface area contributed by atoms with Crippen molar-refractivity contribution < 1.29 is 15.0 Å². The summed E-state index contributed by atoms with van der Waals surface area (Å²) in [5, 5.41) is 18.7. The number of rotatable bonds is 2. The summed E-state index contributed by atoms with van der Waals surface area (Å²) in [6, 6.07) is 0.542. The molecule has 1 saturated heterocycles. The van der Waals surface area contributed by atoms with E-state index < -0.39 is 5.97 Å². The largest absolute Gasteiger partial charge is 0.481 e. The predicted octanol–water partition coefficient (Wildman–Crippen LogP) is 1.33. The minimum absolute atomic E-state index is 0.126. The second-order valence-corrected chi connectivity index (χ2v) is 5.67. The van der Waals surface area contributed by atoms with Gasteiger partial charge >= 0.3 is 5.97 Å². The topological polar surface area (TPSA) is 60.8 Å². The second kappa shape index (κ2) is 5.36. The molecule has 2 atom stereocenters. The van der Waals surface area contributed by atoms with Crippen molar-refractivity contribution in [3.8, 4) is 0 Å². The molecule has 2 aliphatic rings. The zero-order valence-electron chi connectivity index (χ0n) is 10.5. The van der Waals surface area contributed by atoms with E-state index in [0.717, 1.165) is 45.2 Å². The SMILES string of the molecule is CC1CN(C2CCC(C(=O)O)CC2)CCC1O. The van der Waals surface area contributed by atoms with Crippen molar-refractivity contribution in [2.24, 2.45) is 11.8 Å². The maximum absolute atomic E-state index is 10.9. The number of carboxylic acid groups (broad SMARTS) is 1. The molecule has 0 radical (unpaired) electrons. The van der Waals surface area contributed by atoms with E-state index in [1.54, 1.807) is 0 Å². The van der Waals surface area contributed by atoms with Crippen LogP contribution < -0.4 is 0 Å². The van der Waals surface area contributed by atoms with Gasteiger partial charge in [-0.05, 0) is 38.0 Å². The molecule has 1 aliphatic carbocycles. The summed E-state index contributed by atoms with van der Waals surface area (Å²) in [5.41, 5.74) is 0. The molecule has 4 heteroatoms. The third-order valence-electron chi connectivity index (χ3n) is 4.45. The first-order valence-electron chi connectivity index (χ1n) is 6.73. The zero-order chi connectivity index (χ0) is 12.4. The molecule has 1 aliphatic heterocycles. The van der Waals surface area contributed by atoms with E-state index in [4.69, 9.17) is 5.11 Å². The number of aliphatic hydroxyl groups excluding tert-OH is 1. The van der Waals surface area contributed by atoms with Gasteiger partial charge in [-0.3, -0.25) is 9.69 Å². The van der Waals surface area contributed by atoms with E-state index >= 15 is 0 Å². The summed E-state index contributed by atoms with van der Waals surface area (Å²) in [7, 11) is 0. The maximum Gasteiger partial charge on any atom is 0.306 e. The smallest absolute Gasteiger partial charge is 0.306 e. The molecule has 2 rings (SSSR count). The maximum atomic E-state index is 10.9. The van der Waals surface area contributed by atoms with Gasteiger partial charge in [-0.15, -0.1) is 0 Å². The Labute approximate surface area is 103 Å². The van der Waals surface area contributed by atoms with Crippen LogP contribution in [-0.4, -0.2) is 46.3 Å². The minimum atomic E-state index is -0.633.